The summed E-state index contributed by atoms with van der Waals surface area (Å²) in [6.45, 7) is 5.96. The number of aliphatic hydroxyl groups is 1. The fraction of sp³-hybridized carbons (Fsp3) is 1.00. The lowest BCUT2D eigenvalue weighted by molar-refractivity contribution is 0.0239. The largest absolute Gasteiger partial charge is 0.392 e. The molecule has 18 heavy (non-hydrogen) atoms. The van der Waals surface area contributed by atoms with Gasteiger partial charge in [0, 0.05) is 19.7 Å². The quantitative estimate of drug-likeness (QED) is 0.791. The van der Waals surface area contributed by atoms with E-state index in [9.17, 15) is 5.11 Å². The average Bonchev–Trinajstić information content (AvgIpc) is 2.91. The molecule has 2 aliphatic rings. The van der Waals surface area contributed by atoms with Crippen LogP contribution in [0, 0.1) is 5.92 Å². The Balaban J connectivity index is 1.73. The van der Waals surface area contributed by atoms with Crippen molar-refractivity contribution < 1.29 is 9.84 Å². The fourth-order valence-corrected chi connectivity index (χ4v) is 3.34. The van der Waals surface area contributed by atoms with E-state index < -0.39 is 0 Å². The average molecular weight is 255 g/mol. The van der Waals surface area contributed by atoms with Gasteiger partial charge in [-0.1, -0.05) is 26.2 Å². The zero-order valence-corrected chi connectivity index (χ0v) is 11.8. The molecule has 2 rings (SSSR count). The van der Waals surface area contributed by atoms with Crippen molar-refractivity contribution in [2.24, 2.45) is 5.92 Å². The number of likely N-dealkylation sites (N-methyl/N-ethyl adjacent to an activating group) is 1. The van der Waals surface area contributed by atoms with E-state index in [4.69, 9.17) is 4.74 Å². The molecule has 2 atom stereocenters. The van der Waals surface area contributed by atoms with Crippen LogP contribution in [0.5, 0.6) is 0 Å². The summed E-state index contributed by atoms with van der Waals surface area (Å²) in [5, 5.41) is 10.4. The molecular formula is C15H29NO2. The first-order valence-electron chi connectivity index (χ1n) is 7.81. The van der Waals surface area contributed by atoms with Gasteiger partial charge in [-0.15, -0.1) is 0 Å². The van der Waals surface area contributed by atoms with Gasteiger partial charge in [-0.3, -0.25) is 4.90 Å². The molecule has 3 nitrogen and oxygen atoms in total. The summed E-state index contributed by atoms with van der Waals surface area (Å²) in [6, 6.07) is 0. The summed E-state index contributed by atoms with van der Waals surface area (Å²) in [7, 11) is 0. The molecule has 1 aliphatic heterocycles. The SMILES string of the molecule is CCN(CC1CCCO1)CC(O)C1CCCCC1. The molecule has 0 spiro atoms. The first-order chi connectivity index (χ1) is 8.79. The maximum atomic E-state index is 10.4. The summed E-state index contributed by atoms with van der Waals surface area (Å²) in [5.41, 5.74) is 0. The molecule has 0 amide bonds. The minimum absolute atomic E-state index is 0.133. The van der Waals surface area contributed by atoms with Gasteiger partial charge in [0.25, 0.3) is 0 Å². The molecule has 2 unspecified atom stereocenters. The predicted octanol–water partition coefficient (Wildman–Crippen LogP) is 2.43. The van der Waals surface area contributed by atoms with Gasteiger partial charge < -0.3 is 9.84 Å². The van der Waals surface area contributed by atoms with Gasteiger partial charge in [-0.2, -0.15) is 0 Å². The summed E-state index contributed by atoms with van der Waals surface area (Å²) in [6.07, 6.45) is 9.08. The Hall–Kier alpha value is -0.120. The summed E-state index contributed by atoms with van der Waals surface area (Å²) < 4.78 is 5.69. The lowest BCUT2D eigenvalue weighted by Gasteiger charge is -2.31. The van der Waals surface area contributed by atoms with Gasteiger partial charge in [0.1, 0.15) is 0 Å². The van der Waals surface area contributed by atoms with Gasteiger partial charge in [-0.25, -0.2) is 0 Å². The van der Waals surface area contributed by atoms with Crippen LogP contribution in [0.2, 0.25) is 0 Å². The highest BCUT2D eigenvalue weighted by atomic mass is 16.5. The van der Waals surface area contributed by atoms with Gasteiger partial charge >= 0.3 is 0 Å². The molecule has 1 saturated heterocycles. The smallest absolute Gasteiger partial charge is 0.0702 e. The molecular weight excluding hydrogens is 226 g/mol. The highest BCUT2D eigenvalue weighted by Crippen LogP contribution is 2.27. The summed E-state index contributed by atoms with van der Waals surface area (Å²) in [4.78, 5) is 2.37. The van der Waals surface area contributed by atoms with Gasteiger partial charge in [-0.05, 0) is 38.1 Å². The zero-order valence-electron chi connectivity index (χ0n) is 11.8. The van der Waals surface area contributed by atoms with Crippen molar-refractivity contribution in [1.29, 1.82) is 0 Å². The zero-order chi connectivity index (χ0) is 12.8. The number of hydrogen-bond donors (Lipinski definition) is 1. The molecule has 0 aromatic heterocycles. The van der Waals surface area contributed by atoms with E-state index in [0.717, 1.165) is 26.2 Å². The lowest BCUT2D eigenvalue weighted by atomic mass is 9.85. The second kappa shape index (κ2) is 7.46. The number of nitrogens with zero attached hydrogens (tertiary/aromatic N) is 1. The molecule has 0 aromatic carbocycles. The number of aliphatic hydroxyl groups excluding tert-OH is 1. The van der Waals surface area contributed by atoms with Crippen molar-refractivity contribution in [3.8, 4) is 0 Å². The highest BCUT2D eigenvalue weighted by Gasteiger charge is 2.25. The number of ether oxygens (including phenoxy) is 1. The number of rotatable bonds is 6. The van der Waals surface area contributed by atoms with Crippen LogP contribution < -0.4 is 0 Å². The minimum Gasteiger partial charge on any atom is -0.392 e. The highest BCUT2D eigenvalue weighted by molar-refractivity contribution is 4.78. The normalized spacial score (nSPS) is 27.8. The molecule has 1 saturated carbocycles. The monoisotopic (exact) mass is 255 g/mol. The van der Waals surface area contributed by atoms with E-state index in [1.54, 1.807) is 0 Å². The van der Waals surface area contributed by atoms with Crippen molar-refractivity contribution >= 4 is 0 Å². The lowest BCUT2D eigenvalue weighted by Crippen LogP contribution is -2.40. The molecule has 2 fully saturated rings. The second-order valence-electron chi connectivity index (χ2n) is 5.95. The third-order valence-corrected chi connectivity index (χ3v) is 4.57. The molecule has 1 heterocycles. The van der Waals surface area contributed by atoms with Crippen LogP contribution in [0.15, 0.2) is 0 Å². The maximum absolute atomic E-state index is 10.4. The topological polar surface area (TPSA) is 32.7 Å². The Kier molecular flexibility index (Phi) is 5.93. The maximum Gasteiger partial charge on any atom is 0.0702 e. The van der Waals surface area contributed by atoms with Crippen molar-refractivity contribution in [3.63, 3.8) is 0 Å². The standard InChI is InChI=1S/C15H29NO2/c1-2-16(11-14-9-6-10-18-14)12-15(17)13-7-4-3-5-8-13/h13-15,17H,2-12H2,1H3. The van der Waals surface area contributed by atoms with E-state index in [2.05, 4.69) is 11.8 Å². The first kappa shape index (κ1) is 14.3. The van der Waals surface area contributed by atoms with Crippen LogP contribution in [0.1, 0.15) is 51.9 Å². The van der Waals surface area contributed by atoms with Crippen molar-refractivity contribution in [1.82, 2.24) is 4.90 Å². The molecule has 3 heteroatoms. The molecule has 1 N–H and O–H groups in total. The molecule has 0 aromatic rings. The Morgan fingerprint density at radius 1 is 1.17 bits per heavy atom. The van der Waals surface area contributed by atoms with Crippen LogP contribution in [0.25, 0.3) is 0 Å². The summed E-state index contributed by atoms with van der Waals surface area (Å²) in [5.74, 6) is 0.539. The Morgan fingerprint density at radius 3 is 2.56 bits per heavy atom. The molecule has 106 valence electrons. The third kappa shape index (κ3) is 4.22. The van der Waals surface area contributed by atoms with E-state index in [-0.39, 0.29) is 6.10 Å². The van der Waals surface area contributed by atoms with E-state index in [1.165, 1.54) is 44.9 Å². The Morgan fingerprint density at radius 2 is 1.94 bits per heavy atom. The van der Waals surface area contributed by atoms with Crippen LogP contribution in [-0.2, 0) is 4.74 Å². The number of hydrogen-bond acceptors (Lipinski definition) is 3. The van der Waals surface area contributed by atoms with Crippen molar-refractivity contribution in [2.75, 3.05) is 26.2 Å². The molecule has 0 radical (unpaired) electrons. The van der Waals surface area contributed by atoms with E-state index in [1.807, 2.05) is 0 Å². The van der Waals surface area contributed by atoms with Crippen molar-refractivity contribution in [3.05, 3.63) is 0 Å². The van der Waals surface area contributed by atoms with Crippen molar-refractivity contribution in [2.45, 2.75) is 64.1 Å². The molecule has 1 aliphatic carbocycles. The second-order valence-corrected chi connectivity index (χ2v) is 5.95. The van der Waals surface area contributed by atoms with Gasteiger partial charge in [0.2, 0.25) is 0 Å². The fourth-order valence-electron chi connectivity index (χ4n) is 3.34. The first-order valence-corrected chi connectivity index (χ1v) is 7.81. The van der Waals surface area contributed by atoms with Crippen LogP contribution in [0.4, 0.5) is 0 Å². The predicted molar refractivity (Wildman–Crippen MR) is 73.7 cm³/mol. The Labute approximate surface area is 112 Å². The van der Waals surface area contributed by atoms with Gasteiger partial charge in [0.15, 0.2) is 0 Å². The minimum atomic E-state index is -0.133. The van der Waals surface area contributed by atoms with Crippen LogP contribution in [-0.4, -0.2) is 48.5 Å². The summed E-state index contributed by atoms with van der Waals surface area (Å²) >= 11 is 0. The third-order valence-electron chi connectivity index (χ3n) is 4.57. The molecule has 0 bridgehead atoms. The van der Waals surface area contributed by atoms with Crippen LogP contribution in [0.3, 0.4) is 0 Å². The van der Waals surface area contributed by atoms with Crippen LogP contribution >= 0.6 is 0 Å². The van der Waals surface area contributed by atoms with Gasteiger partial charge in [0.05, 0.1) is 12.2 Å². The Bertz CT molecular complexity index is 223. The van der Waals surface area contributed by atoms with E-state index in [0.29, 0.717) is 12.0 Å². The van der Waals surface area contributed by atoms with E-state index >= 15 is 0 Å².